The first kappa shape index (κ1) is 11.5. The van der Waals surface area contributed by atoms with Crippen LogP contribution in [0.2, 0.25) is 0 Å². The fraction of sp³-hybridized carbons (Fsp3) is 0.900. The highest BCUT2D eigenvalue weighted by Crippen LogP contribution is 2.34. The first-order valence-electron chi connectivity index (χ1n) is 5.19. The van der Waals surface area contributed by atoms with Crippen LogP contribution in [-0.2, 0) is 14.2 Å². The van der Waals surface area contributed by atoms with Crippen molar-refractivity contribution in [2.24, 2.45) is 5.92 Å². The minimum atomic E-state index is -0.545. The summed E-state index contributed by atoms with van der Waals surface area (Å²) in [5.74, 6) is 0.123. The molecule has 2 rings (SSSR count). The number of aliphatic hydroxyl groups excluding tert-OH is 1. The SMILES string of the molecule is C=[P+](C)C1OCC2OCC(C)C(O)C2O1. The van der Waals surface area contributed by atoms with E-state index in [1.54, 1.807) is 0 Å². The second-order valence-corrected chi connectivity index (χ2v) is 6.27. The third-order valence-electron chi connectivity index (χ3n) is 2.90. The van der Waals surface area contributed by atoms with E-state index in [0.717, 1.165) is 0 Å². The van der Waals surface area contributed by atoms with E-state index in [1.807, 2.05) is 13.6 Å². The Hall–Kier alpha value is 0.01000. The summed E-state index contributed by atoms with van der Waals surface area (Å²) >= 11 is 0. The summed E-state index contributed by atoms with van der Waals surface area (Å²) in [6.07, 6.45) is 3.11. The van der Waals surface area contributed by atoms with Crippen molar-refractivity contribution in [3.05, 3.63) is 0 Å². The molecular weight excluding hydrogens is 215 g/mol. The zero-order chi connectivity index (χ0) is 11.0. The molecule has 0 aromatic carbocycles. The molecule has 2 saturated heterocycles. The number of ether oxygens (including phenoxy) is 3. The van der Waals surface area contributed by atoms with Crippen LogP contribution in [0.3, 0.4) is 0 Å². The van der Waals surface area contributed by atoms with E-state index < -0.39 is 13.6 Å². The molecule has 2 fully saturated rings. The first-order chi connectivity index (χ1) is 7.09. The molecule has 1 N–H and O–H groups in total. The van der Waals surface area contributed by atoms with Gasteiger partial charge < -0.3 is 19.3 Å². The van der Waals surface area contributed by atoms with Gasteiger partial charge in [-0.3, -0.25) is 0 Å². The zero-order valence-corrected chi connectivity index (χ0v) is 10.0. The van der Waals surface area contributed by atoms with E-state index in [9.17, 15) is 5.11 Å². The summed E-state index contributed by atoms with van der Waals surface area (Å²) in [7, 11) is -0.545. The lowest BCUT2D eigenvalue weighted by molar-refractivity contribution is -0.277. The molecule has 0 amide bonds. The maximum Gasteiger partial charge on any atom is 0.324 e. The molecule has 0 aromatic heterocycles. The van der Waals surface area contributed by atoms with Gasteiger partial charge in [-0.1, -0.05) is 6.92 Å². The molecule has 2 aliphatic heterocycles. The predicted molar refractivity (Wildman–Crippen MR) is 59.5 cm³/mol. The molecule has 86 valence electrons. The quantitative estimate of drug-likeness (QED) is 0.675. The average molecular weight is 233 g/mol. The highest BCUT2D eigenvalue weighted by atomic mass is 31.1. The average Bonchev–Trinajstić information content (AvgIpc) is 2.23. The summed E-state index contributed by atoms with van der Waals surface area (Å²) in [5, 5.41) is 10.00. The molecule has 5 heteroatoms. The van der Waals surface area contributed by atoms with Crippen molar-refractivity contribution in [1.82, 2.24) is 0 Å². The van der Waals surface area contributed by atoms with Gasteiger partial charge in [0.2, 0.25) is 0 Å². The van der Waals surface area contributed by atoms with Crippen LogP contribution in [0.25, 0.3) is 0 Å². The van der Waals surface area contributed by atoms with Gasteiger partial charge in [0.25, 0.3) is 0 Å². The maximum absolute atomic E-state index is 10.00. The molecule has 0 saturated carbocycles. The fourth-order valence-electron chi connectivity index (χ4n) is 1.91. The van der Waals surface area contributed by atoms with Gasteiger partial charge in [0.05, 0.1) is 25.6 Å². The van der Waals surface area contributed by atoms with E-state index in [4.69, 9.17) is 14.2 Å². The van der Waals surface area contributed by atoms with Gasteiger partial charge in [-0.15, -0.1) is 0 Å². The van der Waals surface area contributed by atoms with Gasteiger partial charge in [0.1, 0.15) is 26.4 Å². The van der Waals surface area contributed by atoms with Crippen LogP contribution in [0.5, 0.6) is 0 Å². The highest BCUT2D eigenvalue weighted by molar-refractivity contribution is 7.55. The van der Waals surface area contributed by atoms with Crippen LogP contribution < -0.4 is 0 Å². The van der Waals surface area contributed by atoms with Crippen molar-refractivity contribution in [2.75, 3.05) is 19.9 Å². The molecule has 0 spiro atoms. The molecule has 0 aliphatic carbocycles. The van der Waals surface area contributed by atoms with Crippen LogP contribution in [0.15, 0.2) is 0 Å². The highest BCUT2D eigenvalue weighted by Gasteiger charge is 2.45. The summed E-state index contributed by atoms with van der Waals surface area (Å²) in [4.78, 5) is 0. The fourth-order valence-corrected chi connectivity index (χ4v) is 2.59. The normalized spacial score (nSPS) is 47.1. The lowest BCUT2D eigenvalue weighted by Gasteiger charge is -2.42. The van der Waals surface area contributed by atoms with E-state index in [0.29, 0.717) is 13.2 Å². The second-order valence-electron chi connectivity index (χ2n) is 4.34. The Kier molecular flexibility index (Phi) is 3.43. The van der Waals surface area contributed by atoms with Crippen molar-refractivity contribution in [1.29, 1.82) is 0 Å². The maximum atomic E-state index is 10.00. The van der Waals surface area contributed by atoms with Crippen molar-refractivity contribution in [2.45, 2.75) is 31.3 Å². The Balaban J connectivity index is 2.05. The van der Waals surface area contributed by atoms with Crippen LogP contribution in [0.4, 0.5) is 0 Å². The molecule has 4 nitrogen and oxygen atoms in total. The molecular formula is C10H18O4P+. The molecule has 2 aliphatic rings. The summed E-state index contributed by atoms with van der Waals surface area (Å²) in [6.45, 7) is 5.04. The Morgan fingerprint density at radius 3 is 2.73 bits per heavy atom. The van der Waals surface area contributed by atoms with Crippen LogP contribution >= 0.6 is 7.55 Å². The largest absolute Gasteiger partial charge is 0.390 e. The van der Waals surface area contributed by atoms with Gasteiger partial charge in [0, 0.05) is 5.92 Å². The molecule has 6 unspecified atom stereocenters. The standard InChI is InChI=1S/C10H18O4P/c1-6-4-12-7-5-13-10(15(2)3)14-9(7)8(6)11/h6-11H,2,4-5H2,1,3H3/q+1. The van der Waals surface area contributed by atoms with Gasteiger partial charge >= 0.3 is 6.03 Å². The summed E-state index contributed by atoms with van der Waals surface area (Å²) < 4.78 is 16.8. The van der Waals surface area contributed by atoms with Gasteiger partial charge in [-0.05, 0) is 0 Å². The van der Waals surface area contributed by atoms with Crippen molar-refractivity contribution in [3.63, 3.8) is 0 Å². The van der Waals surface area contributed by atoms with Crippen molar-refractivity contribution in [3.8, 4) is 0 Å². The van der Waals surface area contributed by atoms with Gasteiger partial charge in [-0.25, -0.2) is 0 Å². The van der Waals surface area contributed by atoms with Gasteiger partial charge in [-0.2, -0.15) is 0 Å². The minimum Gasteiger partial charge on any atom is -0.390 e. The molecule has 0 aromatic rings. The minimum absolute atomic E-state index is 0.123. The van der Waals surface area contributed by atoms with Gasteiger partial charge in [0.15, 0.2) is 0 Å². The van der Waals surface area contributed by atoms with Crippen molar-refractivity contribution < 1.29 is 19.3 Å². The van der Waals surface area contributed by atoms with Crippen molar-refractivity contribution >= 4 is 13.8 Å². The van der Waals surface area contributed by atoms with E-state index in [-0.39, 0.29) is 24.2 Å². The Labute approximate surface area is 90.9 Å². The second kappa shape index (κ2) is 4.48. The number of fused-ring (bicyclic) bond motifs is 1. The Bertz CT molecular complexity index is 256. The van der Waals surface area contributed by atoms with Crippen LogP contribution in [-0.4, -0.2) is 55.6 Å². The van der Waals surface area contributed by atoms with Crippen LogP contribution in [0, 0.1) is 5.92 Å². The number of aliphatic hydroxyl groups is 1. The molecule has 0 radical (unpaired) electrons. The van der Waals surface area contributed by atoms with Crippen LogP contribution in [0.1, 0.15) is 6.92 Å². The summed E-state index contributed by atoms with van der Waals surface area (Å²) in [6, 6.07) is -0.259. The lowest BCUT2D eigenvalue weighted by atomic mass is 9.93. The number of hydrogen-bond acceptors (Lipinski definition) is 4. The molecule has 0 bridgehead atoms. The number of rotatable bonds is 1. The monoisotopic (exact) mass is 233 g/mol. The molecule has 6 atom stereocenters. The molecule has 15 heavy (non-hydrogen) atoms. The van der Waals surface area contributed by atoms with E-state index >= 15 is 0 Å². The third-order valence-corrected chi connectivity index (χ3v) is 3.89. The Morgan fingerprint density at radius 1 is 1.33 bits per heavy atom. The smallest absolute Gasteiger partial charge is 0.324 e. The Morgan fingerprint density at radius 2 is 2.07 bits per heavy atom. The number of hydrogen-bond donors (Lipinski definition) is 1. The first-order valence-corrected chi connectivity index (χ1v) is 7.24. The summed E-state index contributed by atoms with van der Waals surface area (Å²) in [5.41, 5.74) is 0. The third kappa shape index (κ3) is 2.24. The predicted octanol–water partition coefficient (Wildman–Crippen LogP) is 0.625. The molecule has 2 heterocycles. The lowest BCUT2D eigenvalue weighted by Crippen LogP contribution is -2.56. The van der Waals surface area contributed by atoms with E-state index in [1.165, 1.54) is 0 Å². The zero-order valence-electron chi connectivity index (χ0n) is 9.13. The topological polar surface area (TPSA) is 47.9 Å². The van der Waals surface area contributed by atoms with E-state index in [2.05, 4.69) is 6.30 Å².